The van der Waals surface area contributed by atoms with E-state index in [0.717, 1.165) is 0 Å². The first kappa shape index (κ1) is 11.6. The number of aromatic amines is 1. The van der Waals surface area contributed by atoms with E-state index in [1.807, 2.05) is 0 Å². The van der Waals surface area contributed by atoms with Crippen LogP contribution in [0, 0.1) is 10.1 Å². The van der Waals surface area contributed by atoms with Gasteiger partial charge in [0, 0.05) is 18.3 Å². The van der Waals surface area contributed by atoms with Gasteiger partial charge < -0.3 is 15.8 Å². The third-order valence-electron chi connectivity index (χ3n) is 2.19. The zero-order valence-electron chi connectivity index (χ0n) is 9.07. The second-order valence-corrected chi connectivity index (χ2v) is 3.41. The molecule has 8 nitrogen and oxygen atoms in total. The molecule has 0 saturated heterocycles. The van der Waals surface area contributed by atoms with Gasteiger partial charge in [-0.25, -0.2) is 0 Å². The highest BCUT2D eigenvalue weighted by atomic mass is 16.6. The Morgan fingerprint density at radius 3 is 2.44 bits per heavy atom. The molecule has 0 spiro atoms. The minimum Gasteiger partial charge on any atom is -0.493 e. The van der Waals surface area contributed by atoms with Crippen molar-refractivity contribution in [3.05, 3.63) is 40.6 Å². The smallest absolute Gasteiger partial charge is 0.269 e. The molecule has 0 unspecified atom stereocenters. The van der Waals surface area contributed by atoms with Gasteiger partial charge in [0.25, 0.3) is 5.69 Å². The average Bonchev–Trinajstić information content (AvgIpc) is 2.67. The Morgan fingerprint density at radius 2 is 1.94 bits per heavy atom. The molecule has 4 N–H and O–H groups in total. The minimum atomic E-state index is -0.503. The first-order chi connectivity index (χ1) is 8.58. The summed E-state index contributed by atoms with van der Waals surface area (Å²) in [6.45, 7) is 0. The van der Waals surface area contributed by atoms with Gasteiger partial charge in [-0.2, -0.15) is 5.11 Å². The fraction of sp³-hybridized carbons (Fsp3) is 0. The Balaban J connectivity index is 2.21. The summed E-state index contributed by atoms with van der Waals surface area (Å²) in [6.07, 6.45) is 1.39. The predicted molar refractivity (Wildman–Crippen MR) is 64.1 cm³/mol. The summed E-state index contributed by atoms with van der Waals surface area (Å²) >= 11 is 0. The van der Waals surface area contributed by atoms with Gasteiger partial charge in [-0.15, -0.1) is 5.11 Å². The topological polar surface area (TPSA) is 130 Å². The number of anilines is 1. The molecule has 1 aromatic carbocycles. The Labute approximate surface area is 101 Å². The van der Waals surface area contributed by atoms with E-state index in [0.29, 0.717) is 5.69 Å². The molecule has 1 aromatic heterocycles. The molecular weight excluding hydrogens is 238 g/mol. The molecule has 0 atom stereocenters. The molecule has 0 amide bonds. The van der Waals surface area contributed by atoms with Crippen molar-refractivity contribution in [1.29, 1.82) is 0 Å². The maximum Gasteiger partial charge on any atom is 0.269 e. The number of nitrogens with two attached hydrogens (primary N) is 1. The Hall–Kier alpha value is -2.90. The maximum atomic E-state index is 10.4. The molecule has 0 bridgehead atoms. The number of H-pyrrole nitrogens is 1. The molecule has 8 heteroatoms. The number of aromatic hydroxyl groups is 1. The number of nitrogens with zero attached hydrogens (tertiary/aromatic N) is 3. The summed E-state index contributed by atoms with van der Waals surface area (Å²) in [6, 6.07) is 5.52. The van der Waals surface area contributed by atoms with E-state index in [9.17, 15) is 15.2 Å². The number of aromatic nitrogens is 1. The van der Waals surface area contributed by atoms with Crippen molar-refractivity contribution in [2.75, 3.05) is 5.73 Å². The van der Waals surface area contributed by atoms with Gasteiger partial charge in [-0.05, 0) is 12.1 Å². The fourth-order valence-corrected chi connectivity index (χ4v) is 1.27. The lowest BCUT2D eigenvalue weighted by Crippen LogP contribution is -1.85. The van der Waals surface area contributed by atoms with Crippen molar-refractivity contribution in [3.8, 4) is 5.88 Å². The molecule has 0 aliphatic carbocycles. The van der Waals surface area contributed by atoms with Gasteiger partial charge in [0.1, 0.15) is 0 Å². The largest absolute Gasteiger partial charge is 0.493 e. The van der Waals surface area contributed by atoms with Crippen LogP contribution in [0.4, 0.5) is 22.7 Å². The highest BCUT2D eigenvalue weighted by Gasteiger charge is 2.07. The first-order valence-electron chi connectivity index (χ1n) is 4.90. The lowest BCUT2D eigenvalue weighted by molar-refractivity contribution is -0.384. The number of nitro benzene ring substituents is 1. The summed E-state index contributed by atoms with van der Waals surface area (Å²) in [7, 11) is 0. The number of nitrogens with one attached hydrogen (secondary N) is 1. The van der Waals surface area contributed by atoms with E-state index in [4.69, 9.17) is 5.73 Å². The van der Waals surface area contributed by atoms with E-state index >= 15 is 0 Å². The molecule has 92 valence electrons. The Morgan fingerprint density at radius 1 is 1.28 bits per heavy atom. The Kier molecular flexibility index (Phi) is 2.92. The molecule has 0 fully saturated rings. The van der Waals surface area contributed by atoms with Crippen LogP contribution >= 0.6 is 0 Å². The second-order valence-electron chi connectivity index (χ2n) is 3.41. The molecule has 0 aliphatic rings. The van der Waals surface area contributed by atoms with E-state index in [-0.39, 0.29) is 22.9 Å². The van der Waals surface area contributed by atoms with Gasteiger partial charge in [-0.3, -0.25) is 10.1 Å². The average molecular weight is 247 g/mol. The van der Waals surface area contributed by atoms with Crippen LogP contribution < -0.4 is 5.73 Å². The lowest BCUT2D eigenvalue weighted by atomic mass is 10.3. The van der Waals surface area contributed by atoms with Crippen LogP contribution in [0.1, 0.15) is 0 Å². The lowest BCUT2D eigenvalue weighted by Gasteiger charge is -1.93. The summed E-state index contributed by atoms with van der Waals surface area (Å²) in [5.41, 5.74) is 6.32. The monoisotopic (exact) mass is 247 g/mol. The third-order valence-corrected chi connectivity index (χ3v) is 2.19. The van der Waals surface area contributed by atoms with E-state index in [1.54, 1.807) is 0 Å². The number of hydrogen-bond acceptors (Lipinski definition) is 6. The van der Waals surface area contributed by atoms with Crippen molar-refractivity contribution < 1.29 is 10.0 Å². The number of nitrogen functional groups attached to an aromatic ring is 1. The summed E-state index contributed by atoms with van der Waals surface area (Å²) in [4.78, 5) is 12.4. The molecule has 0 aliphatic heterocycles. The molecule has 2 aromatic rings. The second kappa shape index (κ2) is 4.53. The van der Waals surface area contributed by atoms with Crippen LogP contribution in [0.3, 0.4) is 0 Å². The van der Waals surface area contributed by atoms with Crippen LogP contribution in [0.15, 0.2) is 40.7 Å². The summed E-state index contributed by atoms with van der Waals surface area (Å²) in [5, 5.41) is 27.4. The molecule has 0 saturated carbocycles. The SMILES string of the molecule is Nc1c[nH]c(O)c1N=Nc1ccc([N+](=O)[O-])cc1. The number of azo groups is 1. The molecule has 0 radical (unpaired) electrons. The molecule has 2 rings (SSSR count). The molecule has 1 heterocycles. The van der Waals surface area contributed by atoms with Crippen molar-refractivity contribution in [1.82, 2.24) is 4.98 Å². The predicted octanol–water partition coefficient (Wildman–Crippen LogP) is 2.63. The number of hydrogen-bond donors (Lipinski definition) is 3. The normalized spacial score (nSPS) is 10.9. The van der Waals surface area contributed by atoms with Crippen molar-refractivity contribution in [2.45, 2.75) is 0 Å². The van der Waals surface area contributed by atoms with E-state index < -0.39 is 4.92 Å². The van der Waals surface area contributed by atoms with Crippen molar-refractivity contribution >= 4 is 22.7 Å². The van der Waals surface area contributed by atoms with Crippen molar-refractivity contribution in [3.63, 3.8) is 0 Å². The van der Waals surface area contributed by atoms with Gasteiger partial charge in [0.2, 0.25) is 5.88 Å². The zero-order chi connectivity index (χ0) is 13.1. The van der Waals surface area contributed by atoms with Crippen molar-refractivity contribution in [2.24, 2.45) is 10.2 Å². The summed E-state index contributed by atoms with van der Waals surface area (Å²) in [5.74, 6) is -0.182. The van der Waals surface area contributed by atoms with E-state index in [1.165, 1.54) is 30.5 Å². The summed E-state index contributed by atoms with van der Waals surface area (Å²) < 4.78 is 0. The zero-order valence-corrected chi connectivity index (χ0v) is 9.07. The number of rotatable bonds is 3. The molecule has 18 heavy (non-hydrogen) atoms. The third kappa shape index (κ3) is 2.26. The first-order valence-corrected chi connectivity index (χ1v) is 4.90. The number of benzene rings is 1. The van der Waals surface area contributed by atoms with Crippen LogP contribution in [0.2, 0.25) is 0 Å². The highest BCUT2D eigenvalue weighted by Crippen LogP contribution is 2.33. The van der Waals surface area contributed by atoms with Gasteiger partial charge in [0.15, 0.2) is 5.69 Å². The van der Waals surface area contributed by atoms with Gasteiger partial charge >= 0.3 is 0 Å². The maximum absolute atomic E-state index is 10.4. The quantitative estimate of drug-likeness (QED) is 0.437. The van der Waals surface area contributed by atoms with Gasteiger partial charge in [0.05, 0.1) is 16.3 Å². The van der Waals surface area contributed by atoms with Crippen LogP contribution in [0.5, 0.6) is 5.88 Å². The number of nitro groups is 1. The van der Waals surface area contributed by atoms with Crippen LogP contribution in [0.25, 0.3) is 0 Å². The Bertz CT molecular complexity index is 583. The number of non-ortho nitro benzene ring substituents is 1. The minimum absolute atomic E-state index is 0.0297. The fourth-order valence-electron chi connectivity index (χ4n) is 1.27. The van der Waals surface area contributed by atoms with E-state index in [2.05, 4.69) is 15.2 Å². The molecular formula is C10H9N5O3. The van der Waals surface area contributed by atoms with Crippen LogP contribution in [-0.2, 0) is 0 Å². The van der Waals surface area contributed by atoms with Gasteiger partial charge in [-0.1, -0.05) is 0 Å². The van der Waals surface area contributed by atoms with Crippen LogP contribution in [-0.4, -0.2) is 15.0 Å². The standard InChI is InChI=1S/C10H9N5O3/c11-8-5-12-10(16)9(8)14-13-6-1-3-7(4-2-6)15(17)18/h1-5,12,16H,11H2. The highest BCUT2D eigenvalue weighted by molar-refractivity contribution is 5.67.